The summed E-state index contributed by atoms with van der Waals surface area (Å²) in [5.41, 5.74) is 1.97. The van der Waals surface area contributed by atoms with Gasteiger partial charge < -0.3 is 25.6 Å². The van der Waals surface area contributed by atoms with Gasteiger partial charge >= 0.3 is 11.6 Å². The molecule has 0 unspecified atom stereocenters. The molecule has 3 aliphatic carbocycles. The maximum atomic E-state index is 13.2. The second-order valence-electron chi connectivity index (χ2n) is 9.78. The van der Waals surface area contributed by atoms with Crippen molar-refractivity contribution in [3.05, 3.63) is 77.6 Å². The second-order valence-corrected chi connectivity index (χ2v) is 9.78. The first-order chi connectivity index (χ1) is 16.8. The van der Waals surface area contributed by atoms with Crippen molar-refractivity contribution >= 4 is 17.2 Å². The Balaban J connectivity index is 1.39. The third-order valence-corrected chi connectivity index (χ3v) is 6.86. The molecule has 0 bridgehead atoms. The normalized spacial score (nSPS) is 25.7. The molecule has 0 atom stereocenters. The number of rotatable bonds is 6. The van der Waals surface area contributed by atoms with Gasteiger partial charge in [-0.15, -0.1) is 0 Å². The Hall–Kier alpha value is -3.72. The lowest BCUT2D eigenvalue weighted by atomic mass is 9.84. The van der Waals surface area contributed by atoms with Crippen LogP contribution in [0.5, 0.6) is 0 Å². The third kappa shape index (κ3) is 5.05. The summed E-state index contributed by atoms with van der Waals surface area (Å²) in [6.07, 6.45) is 13.1. The van der Waals surface area contributed by atoms with Crippen LogP contribution < -0.4 is 15.4 Å². The summed E-state index contributed by atoms with van der Waals surface area (Å²) >= 11 is 0. The molecule has 0 aliphatic heterocycles. The number of nitrogens with zero attached hydrogens (tertiary/aromatic N) is 2. The van der Waals surface area contributed by atoms with Gasteiger partial charge in [0.05, 0.1) is 28.8 Å². The summed E-state index contributed by atoms with van der Waals surface area (Å²) in [6.45, 7) is 1.86. The quantitative estimate of drug-likeness (QED) is 0.321. The van der Waals surface area contributed by atoms with Gasteiger partial charge in [-0.25, -0.2) is 4.98 Å². The molecule has 0 saturated heterocycles. The van der Waals surface area contributed by atoms with E-state index in [1.54, 1.807) is 30.5 Å². The van der Waals surface area contributed by atoms with Crippen molar-refractivity contribution in [2.75, 3.05) is 0 Å². The summed E-state index contributed by atoms with van der Waals surface area (Å²) in [5.74, 6) is 0.0781. The first-order valence-corrected chi connectivity index (χ1v) is 12.0. The summed E-state index contributed by atoms with van der Waals surface area (Å²) < 4.78 is 6.41. The summed E-state index contributed by atoms with van der Waals surface area (Å²) in [7, 11) is 0. The zero-order valence-electron chi connectivity index (χ0n) is 19.6. The monoisotopic (exact) mass is 476 g/mol. The Morgan fingerprint density at radius 1 is 1.26 bits per heavy atom. The zero-order chi connectivity index (χ0) is 24.6. The van der Waals surface area contributed by atoms with Crippen molar-refractivity contribution in [3.8, 4) is 0 Å². The van der Waals surface area contributed by atoms with Crippen LogP contribution in [0.2, 0.25) is 0 Å². The number of aliphatic hydroxyl groups is 1. The fourth-order valence-corrected chi connectivity index (χ4v) is 4.55. The van der Waals surface area contributed by atoms with Crippen LogP contribution in [-0.4, -0.2) is 38.6 Å². The van der Waals surface area contributed by atoms with Gasteiger partial charge in [-0.3, -0.25) is 10.0 Å². The molecule has 9 heteroatoms. The van der Waals surface area contributed by atoms with E-state index in [0.29, 0.717) is 16.8 Å². The molecular weight excluding hydrogens is 446 g/mol. The Morgan fingerprint density at radius 3 is 2.71 bits per heavy atom. The molecular formula is C26H30N5O4+. The first-order valence-electron chi connectivity index (χ1n) is 12.0. The van der Waals surface area contributed by atoms with Crippen molar-refractivity contribution < 1.29 is 24.3 Å². The molecule has 2 aromatic rings. The number of nitrogens with one attached hydrogen (secondary N) is 3. The Bertz CT molecular complexity index is 1230. The average molecular weight is 477 g/mol. The van der Waals surface area contributed by atoms with Gasteiger partial charge in [0.15, 0.2) is 0 Å². The fraction of sp³-hybridized carbons (Fsp3) is 0.385. The number of allylic oxidation sites excluding steroid dienone is 4. The Labute approximate surface area is 203 Å². The van der Waals surface area contributed by atoms with Gasteiger partial charge in [-0.05, 0) is 63.7 Å². The minimum absolute atomic E-state index is 0.126. The third-order valence-electron chi connectivity index (χ3n) is 6.86. The predicted octanol–water partition coefficient (Wildman–Crippen LogP) is 2.97. The van der Waals surface area contributed by atoms with Crippen LogP contribution in [0.25, 0.3) is 5.57 Å². The van der Waals surface area contributed by atoms with Crippen LogP contribution in [0.1, 0.15) is 73.4 Å². The highest BCUT2D eigenvalue weighted by molar-refractivity contribution is 6.16. The molecule has 3 aliphatic rings. The van der Waals surface area contributed by atoms with E-state index in [1.165, 1.54) is 12.5 Å². The topological polar surface area (TPSA) is 135 Å². The van der Waals surface area contributed by atoms with Crippen molar-refractivity contribution in [2.45, 2.75) is 63.0 Å². The van der Waals surface area contributed by atoms with Gasteiger partial charge in [-0.1, -0.05) is 0 Å². The van der Waals surface area contributed by atoms with E-state index in [-0.39, 0.29) is 29.3 Å². The molecule has 2 heterocycles. The molecule has 182 valence electrons. The zero-order valence-corrected chi connectivity index (χ0v) is 19.6. The molecule has 5 rings (SSSR count). The van der Waals surface area contributed by atoms with Crippen molar-refractivity contribution in [2.24, 2.45) is 0 Å². The smallest absolute Gasteiger partial charge is 0.325 e. The van der Waals surface area contributed by atoms with E-state index < -0.39 is 11.5 Å². The summed E-state index contributed by atoms with van der Waals surface area (Å²) in [4.78, 5) is 17.4. The molecule has 0 spiro atoms. The van der Waals surface area contributed by atoms with Gasteiger partial charge in [0.1, 0.15) is 6.26 Å². The lowest BCUT2D eigenvalue weighted by Gasteiger charge is -2.33. The van der Waals surface area contributed by atoms with Crippen LogP contribution in [0.4, 0.5) is 0 Å². The van der Waals surface area contributed by atoms with Gasteiger partial charge in [-0.2, -0.15) is 0 Å². The highest BCUT2D eigenvalue weighted by Crippen LogP contribution is 2.38. The van der Waals surface area contributed by atoms with Crippen LogP contribution in [0, 0.1) is 5.41 Å². The number of carbonyl (C=O) groups is 1. The van der Waals surface area contributed by atoms with E-state index in [0.717, 1.165) is 48.9 Å². The van der Waals surface area contributed by atoms with Gasteiger partial charge in [0.25, 0.3) is 0 Å². The minimum Gasteiger partial charge on any atom is -0.444 e. The lowest BCUT2D eigenvalue weighted by Crippen LogP contribution is -2.44. The van der Waals surface area contributed by atoms with Crippen molar-refractivity contribution in [3.63, 3.8) is 0 Å². The average Bonchev–Trinajstić information content (AvgIpc) is 3.53. The SMILES string of the molecule is C[C@]1(O)CC[C@H](N/C=C2/C=C(NC(=O)c3cccc(C4CC4)[n+]3O)C(c3ncco3)=CC2=N)CC1. The van der Waals surface area contributed by atoms with E-state index >= 15 is 0 Å². The van der Waals surface area contributed by atoms with Crippen LogP contribution >= 0.6 is 0 Å². The van der Waals surface area contributed by atoms with Crippen LogP contribution in [-0.2, 0) is 0 Å². The van der Waals surface area contributed by atoms with Crippen LogP contribution in [0.3, 0.4) is 0 Å². The van der Waals surface area contributed by atoms with Crippen molar-refractivity contribution in [1.82, 2.24) is 15.6 Å². The maximum Gasteiger partial charge on any atom is 0.325 e. The summed E-state index contributed by atoms with van der Waals surface area (Å²) in [6, 6.07) is 5.36. The highest BCUT2D eigenvalue weighted by atomic mass is 16.5. The van der Waals surface area contributed by atoms with Gasteiger partial charge in [0, 0.05) is 40.6 Å². The van der Waals surface area contributed by atoms with E-state index in [1.807, 2.05) is 13.0 Å². The molecule has 0 radical (unpaired) electrons. The number of hydrogen-bond donors (Lipinski definition) is 5. The molecule has 2 aromatic heterocycles. The number of aromatic nitrogens is 2. The predicted molar refractivity (Wildman–Crippen MR) is 128 cm³/mol. The van der Waals surface area contributed by atoms with Crippen LogP contribution in [0.15, 0.2) is 64.7 Å². The number of pyridine rings is 1. The van der Waals surface area contributed by atoms with E-state index in [9.17, 15) is 15.1 Å². The molecule has 35 heavy (non-hydrogen) atoms. The lowest BCUT2D eigenvalue weighted by molar-refractivity contribution is -0.910. The second kappa shape index (κ2) is 9.14. The highest BCUT2D eigenvalue weighted by Gasteiger charge is 2.36. The number of oxazole rings is 1. The van der Waals surface area contributed by atoms with Gasteiger partial charge in [0.2, 0.25) is 11.6 Å². The number of amides is 1. The molecule has 0 aromatic carbocycles. The van der Waals surface area contributed by atoms with E-state index in [4.69, 9.17) is 9.83 Å². The molecule has 2 saturated carbocycles. The number of carbonyl (C=O) groups excluding carboxylic acids is 1. The standard InChI is InChI=1S/C26H29N5O4/c1-26(33)9-7-18(8-10-26)29-15-17-13-21(19(14-20(17)27)25-28-11-12-35-25)30-24(32)23-4-2-3-22(31(23)34)16-5-6-16/h2-4,11-16,18,27,32-34H,5-10H2,1H3/p+1/t18-,26-. The maximum absolute atomic E-state index is 13.2. The summed E-state index contributed by atoms with van der Waals surface area (Å²) in [5, 5.41) is 35.6. The molecule has 5 N–H and O–H groups in total. The Morgan fingerprint density at radius 2 is 2.03 bits per heavy atom. The molecule has 9 nitrogen and oxygen atoms in total. The fourth-order valence-electron chi connectivity index (χ4n) is 4.55. The van der Waals surface area contributed by atoms with Crippen molar-refractivity contribution in [1.29, 1.82) is 5.41 Å². The molecule has 1 amide bonds. The largest absolute Gasteiger partial charge is 0.444 e. The first kappa shape index (κ1) is 23.0. The minimum atomic E-state index is -0.617. The Kier molecular flexibility index (Phi) is 6.02. The van der Waals surface area contributed by atoms with E-state index in [2.05, 4.69) is 15.6 Å². The number of hydrogen-bond acceptors (Lipinski definition) is 7. The molecule has 2 fully saturated rings.